The lowest BCUT2D eigenvalue weighted by Gasteiger charge is -2.26. The summed E-state index contributed by atoms with van der Waals surface area (Å²) in [5, 5.41) is 9.16. The Hall–Kier alpha value is -2.04. The molecule has 20 heavy (non-hydrogen) atoms. The van der Waals surface area contributed by atoms with Gasteiger partial charge in [-0.3, -0.25) is 4.90 Å². The highest BCUT2D eigenvalue weighted by molar-refractivity contribution is 6.00. The third kappa shape index (κ3) is 3.98. The third-order valence-corrected chi connectivity index (χ3v) is 3.15. The van der Waals surface area contributed by atoms with E-state index in [1.165, 1.54) is 11.0 Å². The lowest BCUT2D eigenvalue weighted by atomic mass is 10.1. The number of urea groups is 1. The topological polar surface area (TPSA) is 60.9 Å². The molecule has 0 spiro atoms. The zero-order valence-electron chi connectivity index (χ0n) is 12.5. The fourth-order valence-corrected chi connectivity index (χ4v) is 1.85. The first-order valence-corrected chi connectivity index (χ1v) is 6.65. The maximum absolute atomic E-state index is 12.3. The number of carbonyl (C=O) groups excluding carboxylic acids is 1. The number of carboxylic acids is 1. The van der Waals surface area contributed by atoms with E-state index < -0.39 is 5.97 Å². The van der Waals surface area contributed by atoms with Crippen LogP contribution in [0.5, 0.6) is 0 Å². The van der Waals surface area contributed by atoms with Gasteiger partial charge >= 0.3 is 12.0 Å². The SMILES string of the molecule is CC(C)CCN(C)C(=O)N(C)c1ccccc1C(=O)O. The second kappa shape index (κ2) is 6.93. The molecule has 2 amide bonds. The molecule has 5 nitrogen and oxygen atoms in total. The number of para-hydroxylation sites is 1. The molecule has 0 aromatic heterocycles. The molecule has 0 fully saturated rings. The number of hydrogen-bond donors (Lipinski definition) is 1. The van der Waals surface area contributed by atoms with E-state index in [0.717, 1.165) is 6.42 Å². The highest BCUT2D eigenvalue weighted by Gasteiger charge is 2.20. The molecule has 0 saturated carbocycles. The van der Waals surface area contributed by atoms with Crippen molar-refractivity contribution in [3.63, 3.8) is 0 Å². The Labute approximate surface area is 119 Å². The fraction of sp³-hybridized carbons (Fsp3) is 0.467. The Morgan fingerprint density at radius 2 is 1.80 bits per heavy atom. The zero-order chi connectivity index (χ0) is 15.3. The van der Waals surface area contributed by atoms with E-state index in [2.05, 4.69) is 13.8 Å². The van der Waals surface area contributed by atoms with Crippen molar-refractivity contribution in [3.05, 3.63) is 29.8 Å². The molecule has 0 bridgehead atoms. The maximum Gasteiger partial charge on any atom is 0.337 e. The van der Waals surface area contributed by atoms with Crippen molar-refractivity contribution < 1.29 is 14.7 Å². The van der Waals surface area contributed by atoms with Crippen molar-refractivity contribution in [1.82, 2.24) is 4.90 Å². The van der Waals surface area contributed by atoms with Crippen LogP contribution in [-0.4, -0.2) is 42.6 Å². The normalized spacial score (nSPS) is 10.4. The zero-order valence-corrected chi connectivity index (χ0v) is 12.5. The van der Waals surface area contributed by atoms with Gasteiger partial charge < -0.3 is 10.0 Å². The molecule has 1 aromatic carbocycles. The minimum absolute atomic E-state index is 0.126. The van der Waals surface area contributed by atoms with Crippen molar-refractivity contribution in [2.45, 2.75) is 20.3 Å². The molecule has 110 valence electrons. The van der Waals surface area contributed by atoms with Gasteiger partial charge in [-0.1, -0.05) is 26.0 Å². The number of rotatable bonds is 5. The Balaban J connectivity index is 2.86. The molecule has 1 N–H and O–H groups in total. The second-order valence-electron chi connectivity index (χ2n) is 5.27. The summed E-state index contributed by atoms with van der Waals surface area (Å²) in [6.45, 7) is 4.85. The lowest BCUT2D eigenvalue weighted by Crippen LogP contribution is -2.40. The summed E-state index contributed by atoms with van der Waals surface area (Å²) in [6, 6.07) is 6.29. The van der Waals surface area contributed by atoms with Crippen LogP contribution in [0.4, 0.5) is 10.5 Å². The number of benzene rings is 1. The number of anilines is 1. The van der Waals surface area contributed by atoms with Crippen LogP contribution in [0, 0.1) is 5.92 Å². The van der Waals surface area contributed by atoms with E-state index in [0.29, 0.717) is 18.2 Å². The summed E-state index contributed by atoms with van der Waals surface area (Å²) < 4.78 is 0. The molecule has 5 heteroatoms. The summed E-state index contributed by atoms with van der Waals surface area (Å²) in [5.41, 5.74) is 0.530. The van der Waals surface area contributed by atoms with Crippen LogP contribution in [0.1, 0.15) is 30.6 Å². The molecule has 0 radical (unpaired) electrons. The molecule has 0 aliphatic carbocycles. The second-order valence-corrected chi connectivity index (χ2v) is 5.27. The molecule has 0 aliphatic rings. The van der Waals surface area contributed by atoms with Gasteiger partial charge in [0.15, 0.2) is 0 Å². The largest absolute Gasteiger partial charge is 0.478 e. The predicted octanol–water partition coefficient (Wildman–Crippen LogP) is 2.92. The van der Waals surface area contributed by atoms with Crippen LogP contribution in [0.25, 0.3) is 0 Å². The van der Waals surface area contributed by atoms with Gasteiger partial charge in [0.05, 0.1) is 11.3 Å². The van der Waals surface area contributed by atoms with Crippen LogP contribution in [-0.2, 0) is 0 Å². The van der Waals surface area contributed by atoms with Gasteiger partial charge in [0.25, 0.3) is 0 Å². The standard InChI is InChI=1S/C15H22N2O3/c1-11(2)9-10-16(3)15(20)17(4)13-8-6-5-7-12(13)14(18)19/h5-8,11H,9-10H2,1-4H3,(H,18,19). The van der Waals surface area contributed by atoms with Crippen molar-refractivity contribution >= 4 is 17.7 Å². The van der Waals surface area contributed by atoms with Crippen molar-refractivity contribution in [2.75, 3.05) is 25.5 Å². The summed E-state index contributed by atoms with van der Waals surface area (Å²) in [6.07, 6.45) is 0.913. The molecule has 1 aromatic rings. The van der Waals surface area contributed by atoms with E-state index in [4.69, 9.17) is 5.11 Å². The van der Waals surface area contributed by atoms with Gasteiger partial charge in [0.1, 0.15) is 0 Å². The van der Waals surface area contributed by atoms with Crippen LogP contribution >= 0.6 is 0 Å². The minimum atomic E-state index is -1.04. The van der Waals surface area contributed by atoms with E-state index in [1.54, 1.807) is 37.2 Å². The van der Waals surface area contributed by atoms with Crippen LogP contribution in [0.15, 0.2) is 24.3 Å². The van der Waals surface area contributed by atoms with Crippen LogP contribution < -0.4 is 4.90 Å². The fourth-order valence-electron chi connectivity index (χ4n) is 1.85. The van der Waals surface area contributed by atoms with Gasteiger partial charge in [0, 0.05) is 20.6 Å². The number of aromatic carboxylic acids is 1. The monoisotopic (exact) mass is 278 g/mol. The van der Waals surface area contributed by atoms with Crippen molar-refractivity contribution in [1.29, 1.82) is 0 Å². The number of nitrogens with zero attached hydrogens (tertiary/aromatic N) is 2. The number of carbonyl (C=O) groups is 2. The van der Waals surface area contributed by atoms with Crippen LogP contribution in [0.2, 0.25) is 0 Å². The Bertz CT molecular complexity index is 486. The number of carboxylic acid groups (broad SMARTS) is 1. The summed E-state index contributed by atoms with van der Waals surface area (Å²) >= 11 is 0. The quantitative estimate of drug-likeness (QED) is 0.900. The summed E-state index contributed by atoms with van der Waals surface area (Å²) in [5.74, 6) is -0.521. The van der Waals surface area contributed by atoms with Gasteiger partial charge in [0.2, 0.25) is 0 Å². The summed E-state index contributed by atoms with van der Waals surface area (Å²) in [7, 11) is 3.32. The molecule has 0 heterocycles. The predicted molar refractivity (Wildman–Crippen MR) is 79.3 cm³/mol. The Kier molecular flexibility index (Phi) is 5.55. The number of hydrogen-bond acceptors (Lipinski definition) is 2. The molecule has 0 aliphatic heterocycles. The van der Waals surface area contributed by atoms with Gasteiger partial charge in [-0.2, -0.15) is 0 Å². The van der Waals surface area contributed by atoms with Gasteiger partial charge in [-0.25, -0.2) is 9.59 Å². The smallest absolute Gasteiger partial charge is 0.337 e. The average molecular weight is 278 g/mol. The first kappa shape index (κ1) is 16.0. The molecule has 0 saturated heterocycles. The maximum atomic E-state index is 12.3. The van der Waals surface area contributed by atoms with Gasteiger partial charge in [-0.05, 0) is 24.5 Å². The van der Waals surface area contributed by atoms with Crippen molar-refractivity contribution in [3.8, 4) is 0 Å². The molecular weight excluding hydrogens is 256 g/mol. The van der Waals surface area contributed by atoms with Crippen molar-refractivity contribution in [2.24, 2.45) is 5.92 Å². The van der Waals surface area contributed by atoms with Gasteiger partial charge in [-0.15, -0.1) is 0 Å². The molecule has 0 unspecified atom stereocenters. The molecule has 1 rings (SSSR count). The minimum Gasteiger partial charge on any atom is -0.478 e. The number of amides is 2. The molecular formula is C15H22N2O3. The highest BCUT2D eigenvalue weighted by atomic mass is 16.4. The summed E-state index contributed by atoms with van der Waals surface area (Å²) in [4.78, 5) is 26.5. The van der Waals surface area contributed by atoms with Crippen LogP contribution in [0.3, 0.4) is 0 Å². The highest BCUT2D eigenvalue weighted by Crippen LogP contribution is 2.20. The Morgan fingerprint density at radius 3 is 2.35 bits per heavy atom. The average Bonchev–Trinajstić information content (AvgIpc) is 2.42. The van der Waals surface area contributed by atoms with E-state index >= 15 is 0 Å². The first-order chi connectivity index (χ1) is 9.34. The first-order valence-electron chi connectivity index (χ1n) is 6.65. The lowest BCUT2D eigenvalue weighted by molar-refractivity contribution is 0.0697. The van der Waals surface area contributed by atoms with E-state index in [-0.39, 0.29) is 11.6 Å². The molecule has 0 atom stereocenters. The van der Waals surface area contributed by atoms with E-state index in [9.17, 15) is 9.59 Å². The third-order valence-electron chi connectivity index (χ3n) is 3.15. The van der Waals surface area contributed by atoms with E-state index in [1.807, 2.05) is 0 Å². The Morgan fingerprint density at radius 1 is 1.20 bits per heavy atom.